The number of aromatic nitrogens is 3. The first-order valence-corrected chi connectivity index (χ1v) is 9.33. The van der Waals surface area contributed by atoms with E-state index in [1.165, 1.54) is 25.9 Å². The largest absolute Gasteiger partial charge is 0.368 e. The molecule has 0 aromatic carbocycles. The summed E-state index contributed by atoms with van der Waals surface area (Å²) in [6, 6.07) is 8.38. The molecular formula is C18H21N5S. The second-order valence-electron chi connectivity index (χ2n) is 6.15. The number of hydrogen-bond donors (Lipinski definition) is 1. The number of fused-ring (bicyclic) bond motifs is 1. The lowest BCUT2D eigenvalue weighted by molar-refractivity contribution is 0.221. The van der Waals surface area contributed by atoms with E-state index in [-0.39, 0.29) is 0 Å². The minimum atomic E-state index is 0.742. The lowest BCUT2D eigenvalue weighted by atomic mass is 9.95. The van der Waals surface area contributed by atoms with Gasteiger partial charge in [-0.3, -0.25) is 0 Å². The molecule has 3 aromatic rings. The maximum atomic E-state index is 4.36. The van der Waals surface area contributed by atoms with Crippen molar-refractivity contribution < 1.29 is 0 Å². The molecule has 0 atom stereocenters. The summed E-state index contributed by atoms with van der Waals surface area (Å²) in [6.07, 6.45) is 5.86. The number of likely N-dealkylation sites (tertiary alicyclic amines) is 1. The molecule has 4 rings (SSSR count). The zero-order valence-electron chi connectivity index (χ0n) is 13.6. The Morgan fingerprint density at radius 2 is 2.04 bits per heavy atom. The second-order valence-corrected chi connectivity index (χ2v) is 7.13. The fourth-order valence-electron chi connectivity index (χ4n) is 3.33. The third-order valence-electron chi connectivity index (χ3n) is 4.66. The average Bonchev–Trinajstić information content (AvgIpc) is 3.17. The van der Waals surface area contributed by atoms with Crippen molar-refractivity contribution in [2.75, 3.05) is 31.5 Å². The van der Waals surface area contributed by atoms with Gasteiger partial charge in [0.25, 0.3) is 0 Å². The number of rotatable bonds is 5. The molecule has 124 valence electrons. The summed E-state index contributed by atoms with van der Waals surface area (Å²) >= 11 is 1.90. The monoisotopic (exact) mass is 339 g/mol. The van der Waals surface area contributed by atoms with Crippen LogP contribution in [0.3, 0.4) is 0 Å². The van der Waals surface area contributed by atoms with Crippen LogP contribution in [0.25, 0.3) is 11.0 Å². The van der Waals surface area contributed by atoms with Crippen LogP contribution in [0.2, 0.25) is 0 Å². The van der Waals surface area contributed by atoms with Crippen molar-refractivity contribution in [3.63, 3.8) is 0 Å². The molecule has 0 amide bonds. The minimum Gasteiger partial charge on any atom is -0.368 e. The lowest BCUT2D eigenvalue weighted by Crippen LogP contribution is -2.36. The van der Waals surface area contributed by atoms with E-state index in [0.717, 1.165) is 35.9 Å². The highest BCUT2D eigenvalue weighted by Crippen LogP contribution is 2.30. The van der Waals surface area contributed by atoms with Crippen molar-refractivity contribution in [2.24, 2.45) is 0 Å². The van der Waals surface area contributed by atoms with Crippen molar-refractivity contribution in [3.8, 4) is 0 Å². The molecule has 6 heteroatoms. The van der Waals surface area contributed by atoms with E-state index < -0.39 is 0 Å². The standard InChI is InChI=1S/C18H21N5S/c1-3-15-17(19-7-1)21-13-22-18(15)20-8-11-23-9-5-14(6-10-23)16-4-2-12-24-16/h1-4,7,12-14H,5-6,8-11H2,(H,19,20,21,22). The molecule has 3 aromatic heterocycles. The highest BCUT2D eigenvalue weighted by atomic mass is 32.1. The molecule has 4 heterocycles. The van der Waals surface area contributed by atoms with Gasteiger partial charge in [0, 0.05) is 24.2 Å². The highest BCUT2D eigenvalue weighted by Gasteiger charge is 2.20. The Morgan fingerprint density at radius 1 is 1.12 bits per heavy atom. The Kier molecular flexibility index (Phi) is 4.66. The fourth-order valence-corrected chi connectivity index (χ4v) is 4.23. The summed E-state index contributed by atoms with van der Waals surface area (Å²) in [5.74, 6) is 1.63. The molecular weight excluding hydrogens is 318 g/mol. The molecule has 0 unspecified atom stereocenters. The molecule has 0 bridgehead atoms. The molecule has 1 aliphatic heterocycles. The fraction of sp³-hybridized carbons (Fsp3) is 0.389. The van der Waals surface area contributed by atoms with E-state index in [0.29, 0.717) is 0 Å². The summed E-state index contributed by atoms with van der Waals surface area (Å²) in [4.78, 5) is 16.9. The summed E-state index contributed by atoms with van der Waals surface area (Å²) in [5, 5.41) is 6.61. The normalized spacial score (nSPS) is 16.5. The zero-order valence-corrected chi connectivity index (χ0v) is 14.4. The van der Waals surface area contributed by atoms with Gasteiger partial charge in [-0.1, -0.05) is 6.07 Å². The van der Waals surface area contributed by atoms with Gasteiger partial charge in [0.1, 0.15) is 12.1 Å². The topological polar surface area (TPSA) is 53.9 Å². The molecule has 0 saturated carbocycles. The molecule has 5 nitrogen and oxygen atoms in total. The molecule has 1 aliphatic rings. The Morgan fingerprint density at radius 3 is 2.88 bits per heavy atom. The number of thiophene rings is 1. The predicted octanol–water partition coefficient (Wildman–Crippen LogP) is 3.38. The average molecular weight is 339 g/mol. The van der Waals surface area contributed by atoms with Crippen molar-refractivity contribution in [3.05, 3.63) is 47.0 Å². The van der Waals surface area contributed by atoms with Crippen LogP contribution >= 0.6 is 11.3 Å². The van der Waals surface area contributed by atoms with Gasteiger partial charge in [0.05, 0.1) is 5.39 Å². The molecule has 0 aliphatic carbocycles. The zero-order chi connectivity index (χ0) is 16.2. The van der Waals surface area contributed by atoms with Gasteiger partial charge in [0.2, 0.25) is 0 Å². The Balaban J connectivity index is 1.29. The molecule has 1 saturated heterocycles. The third kappa shape index (κ3) is 3.39. The third-order valence-corrected chi connectivity index (χ3v) is 5.70. The van der Waals surface area contributed by atoms with Crippen LogP contribution in [-0.4, -0.2) is 46.0 Å². The van der Waals surface area contributed by atoms with Gasteiger partial charge in [0.15, 0.2) is 5.65 Å². The predicted molar refractivity (Wildman–Crippen MR) is 98.6 cm³/mol. The summed E-state index contributed by atoms with van der Waals surface area (Å²) in [5.41, 5.74) is 0.742. The Hall–Kier alpha value is -2.05. The molecule has 24 heavy (non-hydrogen) atoms. The number of nitrogens with zero attached hydrogens (tertiary/aromatic N) is 4. The van der Waals surface area contributed by atoms with Gasteiger partial charge in [-0.05, 0) is 55.4 Å². The minimum absolute atomic E-state index is 0.742. The summed E-state index contributed by atoms with van der Waals surface area (Å²) in [7, 11) is 0. The maximum absolute atomic E-state index is 4.36. The van der Waals surface area contributed by atoms with E-state index in [1.807, 2.05) is 23.5 Å². The molecule has 0 radical (unpaired) electrons. The molecule has 1 fully saturated rings. The van der Waals surface area contributed by atoms with Gasteiger partial charge < -0.3 is 10.2 Å². The number of hydrogen-bond acceptors (Lipinski definition) is 6. The smallest absolute Gasteiger partial charge is 0.164 e. The van der Waals surface area contributed by atoms with Crippen molar-refractivity contribution in [1.29, 1.82) is 0 Å². The van der Waals surface area contributed by atoms with E-state index >= 15 is 0 Å². The van der Waals surface area contributed by atoms with Crippen molar-refractivity contribution in [2.45, 2.75) is 18.8 Å². The van der Waals surface area contributed by atoms with Gasteiger partial charge in [-0.2, -0.15) is 0 Å². The van der Waals surface area contributed by atoms with E-state index in [1.54, 1.807) is 17.4 Å². The van der Waals surface area contributed by atoms with Crippen LogP contribution in [-0.2, 0) is 0 Å². The maximum Gasteiger partial charge on any atom is 0.164 e. The van der Waals surface area contributed by atoms with E-state index in [4.69, 9.17) is 0 Å². The van der Waals surface area contributed by atoms with Gasteiger partial charge in [-0.25, -0.2) is 15.0 Å². The van der Waals surface area contributed by atoms with Gasteiger partial charge >= 0.3 is 0 Å². The van der Waals surface area contributed by atoms with Gasteiger partial charge in [-0.15, -0.1) is 11.3 Å². The lowest BCUT2D eigenvalue weighted by Gasteiger charge is -2.31. The molecule has 0 spiro atoms. The van der Waals surface area contributed by atoms with Crippen LogP contribution < -0.4 is 5.32 Å². The quantitative estimate of drug-likeness (QED) is 0.772. The summed E-state index contributed by atoms with van der Waals surface area (Å²) < 4.78 is 0. The first-order chi connectivity index (χ1) is 11.9. The van der Waals surface area contributed by atoms with Crippen LogP contribution in [0.5, 0.6) is 0 Å². The SMILES string of the molecule is c1csc(C2CCN(CCNc3ncnc4ncccc34)CC2)c1. The Labute approximate surface area is 145 Å². The number of anilines is 1. The van der Waals surface area contributed by atoms with Crippen LogP contribution in [0.15, 0.2) is 42.2 Å². The Bertz CT molecular complexity index is 776. The first-order valence-electron chi connectivity index (χ1n) is 8.45. The van der Waals surface area contributed by atoms with Crippen molar-refractivity contribution >= 4 is 28.2 Å². The molecule has 1 N–H and O–H groups in total. The number of piperidine rings is 1. The van der Waals surface area contributed by atoms with E-state index in [2.05, 4.69) is 42.7 Å². The number of pyridine rings is 1. The number of nitrogens with one attached hydrogen (secondary N) is 1. The van der Waals surface area contributed by atoms with Crippen LogP contribution in [0, 0.1) is 0 Å². The first kappa shape index (κ1) is 15.5. The van der Waals surface area contributed by atoms with Crippen molar-refractivity contribution in [1.82, 2.24) is 19.9 Å². The summed E-state index contributed by atoms with van der Waals surface area (Å²) in [6.45, 7) is 4.29. The van der Waals surface area contributed by atoms with E-state index in [9.17, 15) is 0 Å². The van der Waals surface area contributed by atoms with Crippen LogP contribution in [0.1, 0.15) is 23.6 Å². The highest BCUT2D eigenvalue weighted by molar-refractivity contribution is 7.10. The van der Waals surface area contributed by atoms with Crippen LogP contribution in [0.4, 0.5) is 5.82 Å². The second kappa shape index (κ2) is 7.23.